The van der Waals surface area contributed by atoms with Crippen molar-refractivity contribution in [2.24, 2.45) is 15.0 Å². The van der Waals surface area contributed by atoms with Gasteiger partial charge in [-0.3, -0.25) is 0 Å². The fourth-order valence-electron chi connectivity index (χ4n) is 2.46. The number of rotatable bonds is 4. The van der Waals surface area contributed by atoms with Gasteiger partial charge in [-0.25, -0.2) is 23.8 Å². The van der Waals surface area contributed by atoms with Crippen molar-refractivity contribution in [1.29, 1.82) is 0 Å². The number of hydrogen-bond acceptors (Lipinski definition) is 3. The van der Waals surface area contributed by atoms with Gasteiger partial charge in [0.15, 0.2) is 0 Å². The van der Waals surface area contributed by atoms with Crippen LogP contribution in [-0.2, 0) is 13.1 Å². The Kier molecular flexibility index (Phi) is 8.99. The van der Waals surface area contributed by atoms with E-state index in [1.54, 1.807) is 50.2 Å². The fourth-order valence-corrected chi connectivity index (χ4v) is 2.46. The molecule has 148 valence electrons. The maximum atomic E-state index is 13.7. The van der Waals surface area contributed by atoms with E-state index in [0.717, 1.165) is 5.71 Å². The second-order valence-electron chi connectivity index (χ2n) is 5.70. The molecule has 0 atom stereocenters. The van der Waals surface area contributed by atoms with E-state index in [1.165, 1.54) is 12.1 Å². The van der Waals surface area contributed by atoms with Crippen LogP contribution in [0.5, 0.6) is 0 Å². The van der Waals surface area contributed by atoms with Crippen molar-refractivity contribution in [3.8, 4) is 0 Å². The Balaban J connectivity index is 0.000000878. The van der Waals surface area contributed by atoms with Crippen molar-refractivity contribution in [3.63, 3.8) is 0 Å². The van der Waals surface area contributed by atoms with Crippen molar-refractivity contribution in [2.75, 3.05) is 0 Å². The molecule has 2 aromatic rings. The molecule has 3 nitrogen and oxygen atoms in total. The average molecular weight is 464 g/mol. The van der Waals surface area contributed by atoms with Crippen LogP contribution in [-0.4, -0.2) is 17.1 Å². The number of benzene rings is 2. The van der Waals surface area contributed by atoms with E-state index in [0.29, 0.717) is 23.5 Å². The molecule has 0 N–H and O–H groups in total. The molecule has 0 saturated heterocycles. The summed E-state index contributed by atoms with van der Waals surface area (Å²) in [5.74, 6) is -0.743. The quantitative estimate of drug-likeness (QED) is 0.347. The van der Waals surface area contributed by atoms with E-state index in [2.05, 4.69) is 15.0 Å². The molecule has 0 amide bonds. The van der Waals surface area contributed by atoms with Gasteiger partial charge >= 0.3 is 33.3 Å². The van der Waals surface area contributed by atoms with Crippen molar-refractivity contribution in [2.45, 2.75) is 20.3 Å². The van der Waals surface area contributed by atoms with Gasteiger partial charge in [-0.05, 0) is 38.1 Å². The summed E-state index contributed by atoms with van der Waals surface area (Å²) in [6.45, 7) is 3.58. The third kappa shape index (κ3) is 6.35. The molecule has 1 aliphatic heterocycles. The summed E-state index contributed by atoms with van der Waals surface area (Å²) in [5, 5.41) is 0. The molecule has 0 spiro atoms. The molecule has 0 aliphatic carbocycles. The molecule has 0 saturated carbocycles. The topological polar surface area (TPSA) is 37.1 Å². The summed E-state index contributed by atoms with van der Waals surface area (Å²) >= 11 is 0.194. The Morgan fingerprint density at radius 2 is 1.36 bits per heavy atom. The molecule has 2 aromatic carbocycles. The van der Waals surface area contributed by atoms with E-state index in [-0.39, 0.29) is 36.1 Å². The van der Waals surface area contributed by atoms with E-state index >= 15 is 0 Å². The van der Waals surface area contributed by atoms with Gasteiger partial charge in [0.25, 0.3) is 0 Å². The standard InChI is InChI=1S/C20H17F2N3.2ClH.Fe/c1-13(23-19-9-5-3-7-15(19)21)17-11-12-18(25-17)14(2)24-20-10-6-4-8-16(20)22;;;/h3-11H,12H2,1-2H3;2*1H;/q;;;+2/p-2. The zero-order chi connectivity index (χ0) is 20.5. The minimum absolute atomic E-state index is 0.194. The van der Waals surface area contributed by atoms with Crippen LogP contribution in [0.25, 0.3) is 0 Å². The van der Waals surface area contributed by atoms with Gasteiger partial charge in [-0.1, -0.05) is 30.3 Å². The van der Waals surface area contributed by atoms with E-state index in [4.69, 9.17) is 20.2 Å². The third-order valence-corrected chi connectivity index (χ3v) is 3.81. The Morgan fingerprint density at radius 3 is 1.86 bits per heavy atom. The van der Waals surface area contributed by atoms with Crippen molar-refractivity contribution in [3.05, 3.63) is 71.9 Å². The first-order valence-electron chi connectivity index (χ1n) is 8.19. The third-order valence-electron chi connectivity index (χ3n) is 3.81. The second kappa shape index (κ2) is 11.2. The number of hydrogen-bond donors (Lipinski definition) is 0. The van der Waals surface area contributed by atoms with Gasteiger partial charge in [-0.15, -0.1) is 0 Å². The first-order valence-corrected chi connectivity index (χ1v) is 11.2. The summed E-state index contributed by atoms with van der Waals surface area (Å²) in [6, 6.07) is 12.7. The molecular weight excluding hydrogens is 447 g/mol. The summed E-state index contributed by atoms with van der Waals surface area (Å²) in [5.41, 5.74) is 3.27. The summed E-state index contributed by atoms with van der Waals surface area (Å²) < 4.78 is 27.4. The molecule has 3 rings (SSSR count). The molecule has 28 heavy (non-hydrogen) atoms. The molecule has 0 bridgehead atoms. The number of para-hydroxylation sites is 2. The number of allylic oxidation sites excluding steroid dienone is 2. The molecular formula is C20H17Cl2F2FeN3. The first-order chi connectivity index (χ1) is 13.5. The van der Waals surface area contributed by atoms with Crippen LogP contribution in [0.1, 0.15) is 20.3 Å². The van der Waals surface area contributed by atoms with Crippen LogP contribution in [0.15, 0.2) is 75.3 Å². The summed E-state index contributed by atoms with van der Waals surface area (Å²) in [6.07, 6.45) is 2.50. The molecule has 8 heteroatoms. The molecule has 1 aliphatic rings. The molecule has 0 aromatic heterocycles. The van der Waals surface area contributed by atoms with Crippen LogP contribution >= 0.6 is 20.2 Å². The van der Waals surface area contributed by atoms with E-state index < -0.39 is 0 Å². The zero-order valence-corrected chi connectivity index (χ0v) is 17.7. The number of halogens is 4. The van der Waals surface area contributed by atoms with Gasteiger partial charge in [0.2, 0.25) is 0 Å². The molecule has 0 unspecified atom stereocenters. The first kappa shape index (κ1) is 22.4. The molecule has 0 fully saturated rings. The van der Waals surface area contributed by atoms with E-state index in [9.17, 15) is 8.78 Å². The normalized spacial score (nSPS) is 14.4. The predicted octanol–water partition coefficient (Wildman–Crippen LogP) is 6.95. The number of aliphatic imine (C=N–C) groups is 3. The van der Waals surface area contributed by atoms with Gasteiger partial charge in [-0.2, -0.15) is 0 Å². The van der Waals surface area contributed by atoms with Crippen LogP contribution < -0.4 is 0 Å². The second-order valence-corrected chi connectivity index (χ2v) is 7.52. The average Bonchev–Trinajstić information content (AvgIpc) is 3.17. The van der Waals surface area contributed by atoms with Gasteiger partial charge in [0, 0.05) is 6.42 Å². The van der Waals surface area contributed by atoms with Gasteiger partial charge < -0.3 is 0 Å². The molecule has 0 radical (unpaired) electrons. The van der Waals surface area contributed by atoms with Crippen LogP contribution in [0, 0.1) is 11.6 Å². The Bertz CT molecular complexity index is 956. The fraction of sp³-hybridized carbons (Fsp3) is 0.150. The summed E-state index contributed by atoms with van der Waals surface area (Å²) in [4.78, 5) is 13.1. The van der Waals surface area contributed by atoms with Crippen molar-refractivity contribution >= 4 is 48.7 Å². The van der Waals surface area contributed by atoms with Crippen LogP contribution in [0.4, 0.5) is 20.2 Å². The Hall–Kier alpha value is -1.85. The zero-order valence-electron chi connectivity index (χ0n) is 15.1. The molecule has 1 heterocycles. The Labute approximate surface area is 177 Å². The minimum atomic E-state index is -0.373. The van der Waals surface area contributed by atoms with Gasteiger partial charge in [0.05, 0.1) is 34.2 Å². The summed E-state index contributed by atoms with van der Waals surface area (Å²) in [7, 11) is 9.53. The SMILES string of the molecule is CC(=Nc1ccccc1F)C1=CCC(C(C)=Nc2ccccc2F)=N1.[Cl][Fe][Cl]. The van der Waals surface area contributed by atoms with Crippen molar-refractivity contribution < 1.29 is 21.9 Å². The van der Waals surface area contributed by atoms with E-state index in [1.807, 2.05) is 6.08 Å². The monoisotopic (exact) mass is 463 g/mol. The maximum absolute atomic E-state index is 13.7. The van der Waals surface area contributed by atoms with Crippen LogP contribution in [0.2, 0.25) is 0 Å². The van der Waals surface area contributed by atoms with Crippen molar-refractivity contribution in [1.82, 2.24) is 0 Å². The predicted molar refractivity (Wildman–Crippen MR) is 110 cm³/mol. The Morgan fingerprint density at radius 1 is 0.893 bits per heavy atom. The van der Waals surface area contributed by atoms with Gasteiger partial charge in [0.1, 0.15) is 11.6 Å². The number of nitrogens with zero attached hydrogens (tertiary/aromatic N) is 3. The van der Waals surface area contributed by atoms with Crippen LogP contribution in [0.3, 0.4) is 0 Å².